The fourth-order valence-corrected chi connectivity index (χ4v) is 7.67. The Hall–Kier alpha value is -4.69. The van der Waals surface area contributed by atoms with Gasteiger partial charge in [-0.25, -0.2) is 0 Å². The Morgan fingerprint density at radius 1 is 0.711 bits per heavy atom. The van der Waals surface area contributed by atoms with Gasteiger partial charge >= 0.3 is 0 Å². The number of nitrogens with zero attached hydrogens (tertiary/aromatic N) is 1. The van der Waals surface area contributed by atoms with E-state index < -0.39 is 0 Å². The van der Waals surface area contributed by atoms with Crippen LogP contribution in [-0.2, 0) is 18.3 Å². The van der Waals surface area contributed by atoms with Crippen LogP contribution in [-0.4, -0.2) is 11.3 Å². The first-order valence-corrected chi connectivity index (χ1v) is 16.2. The van der Waals surface area contributed by atoms with E-state index in [0.29, 0.717) is 5.75 Å². The normalized spacial score (nSPS) is 15.4. The summed E-state index contributed by atoms with van der Waals surface area (Å²) in [5.41, 5.74) is 13.6. The van der Waals surface area contributed by atoms with Crippen molar-refractivity contribution in [1.29, 1.82) is 0 Å². The zero-order valence-corrected chi connectivity index (χ0v) is 26.7. The summed E-state index contributed by atoms with van der Waals surface area (Å²) in [6.07, 6.45) is 7.26. The smallest absolute Gasteiger partial charge is 0.128 e. The van der Waals surface area contributed by atoms with E-state index in [1.807, 2.05) is 18.2 Å². The highest BCUT2D eigenvalue weighted by molar-refractivity contribution is 5.86. The Labute approximate surface area is 267 Å². The summed E-state index contributed by atoms with van der Waals surface area (Å²) in [5.74, 6) is 0.588. The lowest BCUT2D eigenvalue weighted by atomic mass is 9.63. The molecule has 224 valence electrons. The number of aromatic hydroxyl groups is 1. The zero-order chi connectivity index (χ0) is 31.2. The van der Waals surface area contributed by atoms with E-state index in [9.17, 15) is 5.11 Å². The average molecular weight is 588 g/mol. The molecule has 0 aliphatic heterocycles. The van der Waals surface area contributed by atoms with Crippen molar-refractivity contribution in [1.82, 2.24) is 0 Å². The molecular weight excluding hydrogens is 546 g/mol. The minimum atomic E-state index is -0.136. The molecule has 2 heteroatoms. The van der Waals surface area contributed by atoms with Gasteiger partial charge in [-0.2, -0.15) is 0 Å². The quantitative estimate of drug-likeness (QED) is 0.189. The Morgan fingerprint density at radius 2 is 1.33 bits per heavy atom. The summed E-state index contributed by atoms with van der Waals surface area (Å²) in [5, 5.41) is 10.9. The Kier molecular flexibility index (Phi) is 7.32. The van der Waals surface area contributed by atoms with Crippen LogP contribution in [0.2, 0.25) is 0 Å². The van der Waals surface area contributed by atoms with Gasteiger partial charge in [-0.3, -0.25) is 4.99 Å². The SMILES string of the molecule is CC(C)(C)c1cccc(/C=N/c2ccc(CCC(C)(C3=CCc4ccccc43)C3c4ccccc4-c4ccccc43)cc2)c1O. The lowest BCUT2D eigenvalue weighted by Crippen LogP contribution is -2.28. The maximum Gasteiger partial charge on any atom is 0.128 e. The summed E-state index contributed by atoms with van der Waals surface area (Å²) >= 11 is 0. The van der Waals surface area contributed by atoms with Gasteiger partial charge in [0.05, 0.1) is 5.69 Å². The standard InChI is InChI=1S/C43H41NO/c1-42(2,3)39-19-11-13-31(41(39)45)28-44-32-23-20-29(21-24-32)26-27-43(4,38-25-22-30-12-5-6-14-33(30)38)40-36-17-9-7-15-34(36)35-16-8-10-18-37(35)40/h5-21,23-25,28,40,45H,22,26-27H2,1-4H3/b44-28+. The molecule has 0 radical (unpaired) electrons. The Balaban J connectivity index is 1.19. The molecule has 0 fully saturated rings. The fraction of sp³-hybridized carbons (Fsp3) is 0.233. The molecule has 0 heterocycles. The molecule has 0 spiro atoms. The molecule has 5 aromatic rings. The molecule has 2 nitrogen and oxygen atoms in total. The summed E-state index contributed by atoms with van der Waals surface area (Å²) in [6.45, 7) is 8.83. The maximum absolute atomic E-state index is 10.9. The summed E-state index contributed by atoms with van der Waals surface area (Å²) < 4.78 is 0. The molecule has 45 heavy (non-hydrogen) atoms. The molecule has 0 aromatic heterocycles. The van der Waals surface area contributed by atoms with Crippen LogP contribution in [0.5, 0.6) is 5.75 Å². The van der Waals surface area contributed by atoms with Gasteiger partial charge in [0.25, 0.3) is 0 Å². The van der Waals surface area contributed by atoms with Gasteiger partial charge in [-0.05, 0) is 93.0 Å². The fourth-order valence-electron chi connectivity index (χ4n) is 7.67. The number of phenols is 1. The van der Waals surface area contributed by atoms with E-state index in [2.05, 4.69) is 131 Å². The number of benzene rings is 5. The number of hydrogen-bond acceptors (Lipinski definition) is 2. The number of hydrogen-bond donors (Lipinski definition) is 1. The van der Waals surface area contributed by atoms with Crippen molar-refractivity contribution in [3.05, 3.63) is 160 Å². The second kappa shape index (κ2) is 11.3. The summed E-state index contributed by atoms with van der Waals surface area (Å²) in [6, 6.07) is 41.5. The van der Waals surface area contributed by atoms with Gasteiger partial charge in [-0.15, -0.1) is 0 Å². The van der Waals surface area contributed by atoms with Crippen molar-refractivity contribution >= 4 is 17.5 Å². The third kappa shape index (κ3) is 5.23. The molecule has 0 saturated heterocycles. The molecule has 0 amide bonds. The number of aliphatic imine (C=N–C) groups is 1. The first-order valence-electron chi connectivity index (χ1n) is 16.2. The molecular formula is C43H41NO. The number of phenolic OH excluding ortho intramolecular Hbond substituents is 1. The van der Waals surface area contributed by atoms with Crippen molar-refractivity contribution in [2.75, 3.05) is 0 Å². The molecule has 0 bridgehead atoms. The molecule has 1 atom stereocenters. The first kappa shape index (κ1) is 29.0. The topological polar surface area (TPSA) is 32.6 Å². The van der Waals surface area contributed by atoms with E-state index in [1.54, 1.807) is 6.21 Å². The first-order chi connectivity index (χ1) is 21.7. The average Bonchev–Trinajstić information content (AvgIpc) is 3.64. The van der Waals surface area contributed by atoms with Crippen molar-refractivity contribution in [3.63, 3.8) is 0 Å². The van der Waals surface area contributed by atoms with Crippen LogP contribution in [0.4, 0.5) is 5.69 Å². The van der Waals surface area contributed by atoms with E-state index in [0.717, 1.165) is 36.1 Å². The second-order valence-corrected chi connectivity index (χ2v) is 13.9. The number of fused-ring (bicyclic) bond motifs is 4. The predicted molar refractivity (Wildman–Crippen MR) is 189 cm³/mol. The minimum absolute atomic E-state index is 0.0955. The number of rotatable bonds is 7. The van der Waals surface area contributed by atoms with Crippen LogP contribution in [0.1, 0.15) is 79.0 Å². The molecule has 5 aromatic carbocycles. The minimum Gasteiger partial charge on any atom is -0.507 e. The molecule has 2 aliphatic rings. The third-order valence-electron chi connectivity index (χ3n) is 10.0. The highest BCUT2D eigenvalue weighted by Crippen LogP contribution is 2.60. The van der Waals surface area contributed by atoms with Crippen LogP contribution in [0, 0.1) is 5.41 Å². The second-order valence-electron chi connectivity index (χ2n) is 13.9. The van der Waals surface area contributed by atoms with Crippen molar-refractivity contribution in [2.45, 2.75) is 58.3 Å². The monoisotopic (exact) mass is 587 g/mol. The van der Waals surface area contributed by atoms with Gasteiger partial charge in [0, 0.05) is 23.1 Å². The van der Waals surface area contributed by atoms with Gasteiger partial charge in [0.15, 0.2) is 0 Å². The summed E-state index contributed by atoms with van der Waals surface area (Å²) in [7, 11) is 0. The maximum atomic E-state index is 10.9. The number of allylic oxidation sites excluding steroid dienone is 2. The lowest BCUT2D eigenvalue weighted by Gasteiger charge is -2.39. The molecule has 1 unspecified atom stereocenters. The number of para-hydroxylation sites is 1. The van der Waals surface area contributed by atoms with E-state index in [1.165, 1.54) is 44.5 Å². The summed E-state index contributed by atoms with van der Waals surface area (Å²) in [4.78, 5) is 4.72. The van der Waals surface area contributed by atoms with Gasteiger partial charge in [-0.1, -0.05) is 131 Å². The van der Waals surface area contributed by atoms with Crippen molar-refractivity contribution in [3.8, 4) is 16.9 Å². The van der Waals surface area contributed by atoms with E-state index in [-0.39, 0.29) is 16.7 Å². The Morgan fingerprint density at radius 3 is 2.00 bits per heavy atom. The van der Waals surface area contributed by atoms with Crippen LogP contribution in [0.25, 0.3) is 16.7 Å². The van der Waals surface area contributed by atoms with Crippen LogP contribution in [0.3, 0.4) is 0 Å². The predicted octanol–water partition coefficient (Wildman–Crippen LogP) is 10.8. The largest absolute Gasteiger partial charge is 0.507 e. The lowest BCUT2D eigenvalue weighted by molar-refractivity contribution is 0.364. The van der Waals surface area contributed by atoms with Gasteiger partial charge < -0.3 is 5.11 Å². The highest BCUT2D eigenvalue weighted by Gasteiger charge is 2.45. The van der Waals surface area contributed by atoms with Crippen molar-refractivity contribution in [2.24, 2.45) is 10.4 Å². The van der Waals surface area contributed by atoms with E-state index in [4.69, 9.17) is 4.99 Å². The third-order valence-corrected chi connectivity index (χ3v) is 10.0. The molecule has 7 rings (SSSR count). The molecule has 1 N–H and O–H groups in total. The zero-order valence-electron chi connectivity index (χ0n) is 26.7. The van der Waals surface area contributed by atoms with Crippen LogP contribution >= 0.6 is 0 Å². The van der Waals surface area contributed by atoms with Gasteiger partial charge in [0.1, 0.15) is 5.75 Å². The highest BCUT2D eigenvalue weighted by atomic mass is 16.3. The van der Waals surface area contributed by atoms with Crippen LogP contribution in [0.15, 0.2) is 126 Å². The number of aryl methyl sites for hydroxylation is 1. The van der Waals surface area contributed by atoms with Crippen LogP contribution < -0.4 is 0 Å². The Bertz CT molecular complexity index is 1890. The van der Waals surface area contributed by atoms with Crippen molar-refractivity contribution < 1.29 is 5.11 Å². The molecule has 2 aliphatic carbocycles. The molecule has 0 saturated carbocycles. The van der Waals surface area contributed by atoms with E-state index >= 15 is 0 Å². The van der Waals surface area contributed by atoms with Gasteiger partial charge in [0.2, 0.25) is 0 Å².